The molecule has 0 radical (unpaired) electrons. The van der Waals surface area contributed by atoms with Gasteiger partial charge in [-0.1, -0.05) is 13.8 Å². The highest BCUT2D eigenvalue weighted by atomic mass is 32.2. The van der Waals surface area contributed by atoms with Crippen LogP contribution in [0, 0.1) is 5.92 Å². The first-order valence-corrected chi connectivity index (χ1v) is 5.16. The molecule has 0 amide bonds. The van der Waals surface area contributed by atoms with Crippen LogP contribution in [-0.4, -0.2) is 24.1 Å². The Labute approximate surface area is 68.0 Å². The zero-order valence-corrected chi connectivity index (χ0v) is 7.71. The van der Waals surface area contributed by atoms with Crippen molar-refractivity contribution in [2.24, 2.45) is 5.92 Å². The molecule has 0 aromatic carbocycles. The van der Waals surface area contributed by atoms with Crippen molar-refractivity contribution < 1.29 is 0 Å². The molecule has 1 heterocycles. The second kappa shape index (κ2) is 4.24. The van der Waals surface area contributed by atoms with Crippen LogP contribution in [0.3, 0.4) is 0 Å². The maximum absolute atomic E-state index is 3.29. The first kappa shape index (κ1) is 8.41. The highest BCUT2D eigenvalue weighted by Gasteiger charge is 2.15. The molecule has 0 saturated carbocycles. The van der Waals surface area contributed by atoms with Gasteiger partial charge in [-0.3, -0.25) is 0 Å². The predicted octanol–water partition coefficient (Wildman–Crippen LogP) is 1.74. The monoisotopic (exact) mass is 159 g/mol. The van der Waals surface area contributed by atoms with Gasteiger partial charge in [-0.25, -0.2) is 0 Å². The average Bonchev–Trinajstić information content (AvgIpc) is 1.75. The van der Waals surface area contributed by atoms with E-state index in [1.807, 2.05) is 0 Å². The van der Waals surface area contributed by atoms with Gasteiger partial charge in [0.1, 0.15) is 0 Å². The Morgan fingerprint density at radius 1 is 1.50 bits per heavy atom. The first-order chi connectivity index (χ1) is 4.79. The standard InChI is InChI=1S/C8H17NS/c1-7(2)10-4-3-8-5-9-6-8/h7-9H,3-6H2,1-2H3. The molecule has 0 spiro atoms. The van der Waals surface area contributed by atoms with Crippen molar-refractivity contribution >= 4 is 11.8 Å². The molecular formula is C8H17NS. The van der Waals surface area contributed by atoms with Gasteiger partial charge in [0.2, 0.25) is 0 Å². The van der Waals surface area contributed by atoms with Crippen molar-refractivity contribution in [1.82, 2.24) is 5.32 Å². The Bertz CT molecular complexity index is 89.3. The van der Waals surface area contributed by atoms with E-state index in [2.05, 4.69) is 30.9 Å². The van der Waals surface area contributed by atoms with Gasteiger partial charge >= 0.3 is 0 Å². The predicted molar refractivity (Wildman–Crippen MR) is 48.6 cm³/mol. The summed E-state index contributed by atoms with van der Waals surface area (Å²) in [5.74, 6) is 2.34. The van der Waals surface area contributed by atoms with E-state index in [-0.39, 0.29) is 0 Å². The molecule has 0 bridgehead atoms. The minimum absolute atomic E-state index is 0.813. The summed E-state index contributed by atoms with van der Waals surface area (Å²) >= 11 is 2.08. The summed E-state index contributed by atoms with van der Waals surface area (Å²) in [6.45, 7) is 7.06. The molecule has 0 aromatic rings. The van der Waals surface area contributed by atoms with Crippen LogP contribution in [0.5, 0.6) is 0 Å². The maximum Gasteiger partial charge on any atom is -0.000796 e. The Morgan fingerprint density at radius 3 is 2.60 bits per heavy atom. The van der Waals surface area contributed by atoms with Crippen LogP contribution in [0.25, 0.3) is 0 Å². The second-order valence-electron chi connectivity index (χ2n) is 3.23. The molecule has 0 aliphatic carbocycles. The largest absolute Gasteiger partial charge is 0.316 e. The summed E-state index contributed by atoms with van der Waals surface area (Å²) in [5, 5.41) is 4.10. The zero-order valence-electron chi connectivity index (χ0n) is 6.89. The smallest absolute Gasteiger partial charge is 0.000796 e. The third-order valence-corrected chi connectivity index (χ3v) is 2.98. The van der Waals surface area contributed by atoms with E-state index in [1.165, 1.54) is 25.3 Å². The van der Waals surface area contributed by atoms with Gasteiger partial charge in [0, 0.05) is 0 Å². The summed E-state index contributed by atoms with van der Waals surface area (Å²) in [7, 11) is 0. The van der Waals surface area contributed by atoms with Gasteiger partial charge in [-0.2, -0.15) is 11.8 Å². The lowest BCUT2D eigenvalue weighted by Gasteiger charge is -2.26. The minimum Gasteiger partial charge on any atom is -0.316 e. The van der Waals surface area contributed by atoms with E-state index in [4.69, 9.17) is 0 Å². The molecule has 1 rings (SSSR count). The van der Waals surface area contributed by atoms with Gasteiger partial charge in [-0.15, -0.1) is 0 Å². The molecule has 0 unspecified atom stereocenters. The molecule has 60 valence electrons. The van der Waals surface area contributed by atoms with Crippen LogP contribution in [0.1, 0.15) is 20.3 Å². The Kier molecular flexibility index (Phi) is 3.57. The van der Waals surface area contributed by atoms with Crippen molar-refractivity contribution in [3.63, 3.8) is 0 Å². The third kappa shape index (κ3) is 2.93. The molecular weight excluding hydrogens is 142 g/mol. The molecule has 0 aromatic heterocycles. The summed E-state index contributed by atoms with van der Waals surface area (Å²) in [5.41, 5.74) is 0. The second-order valence-corrected chi connectivity index (χ2v) is 4.92. The highest BCUT2D eigenvalue weighted by Crippen LogP contribution is 2.16. The summed E-state index contributed by atoms with van der Waals surface area (Å²) < 4.78 is 0. The molecule has 0 atom stereocenters. The highest BCUT2D eigenvalue weighted by molar-refractivity contribution is 7.99. The lowest BCUT2D eigenvalue weighted by Crippen LogP contribution is -2.42. The summed E-state index contributed by atoms with van der Waals surface area (Å²) in [6.07, 6.45) is 1.41. The SMILES string of the molecule is CC(C)SCCC1CNC1. The molecule has 1 N–H and O–H groups in total. The van der Waals surface area contributed by atoms with E-state index < -0.39 is 0 Å². The van der Waals surface area contributed by atoms with Crippen LogP contribution in [0.15, 0.2) is 0 Å². The van der Waals surface area contributed by atoms with E-state index in [1.54, 1.807) is 0 Å². The van der Waals surface area contributed by atoms with E-state index >= 15 is 0 Å². The Morgan fingerprint density at radius 2 is 2.20 bits per heavy atom. The molecule has 1 aliphatic rings. The number of hydrogen-bond donors (Lipinski definition) is 1. The van der Waals surface area contributed by atoms with Gasteiger partial charge in [0.05, 0.1) is 0 Å². The fourth-order valence-corrected chi connectivity index (χ4v) is 1.96. The van der Waals surface area contributed by atoms with Crippen molar-refractivity contribution in [1.29, 1.82) is 0 Å². The topological polar surface area (TPSA) is 12.0 Å². The van der Waals surface area contributed by atoms with E-state index in [9.17, 15) is 0 Å². The fourth-order valence-electron chi connectivity index (χ4n) is 1.02. The quantitative estimate of drug-likeness (QED) is 0.670. The van der Waals surface area contributed by atoms with Crippen molar-refractivity contribution in [3.05, 3.63) is 0 Å². The Balaban J connectivity index is 1.85. The molecule has 10 heavy (non-hydrogen) atoms. The normalized spacial score (nSPS) is 19.5. The van der Waals surface area contributed by atoms with E-state index in [0.29, 0.717) is 0 Å². The average molecular weight is 159 g/mol. The number of rotatable bonds is 4. The number of nitrogens with one attached hydrogen (secondary N) is 1. The van der Waals surface area contributed by atoms with Crippen LogP contribution >= 0.6 is 11.8 Å². The molecule has 2 heteroatoms. The lowest BCUT2D eigenvalue weighted by atomic mass is 10.0. The maximum atomic E-state index is 3.29. The van der Waals surface area contributed by atoms with Crippen LogP contribution < -0.4 is 5.32 Å². The van der Waals surface area contributed by atoms with Crippen LogP contribution in [0.4, 0.5) is 0 Å². The van der Waals surface area contributed by atoms with Gasteiger partial charge < -0.3 is 5.32 Å². The summed E-state index contributed by atoms with van der Waals surface area (Å²) in [6, 6.07) is 0. The number of thioether (sulfide) groups is 1. The molecule has 1 saturated heterocycles. The first-order valence-electron chi connectivity index (χ1n) is 4.11. The Hall–Kier alpha value is 0.310. The van der Waals surface area contributed by atoms with Gasteiger partial charge in [0.25, 0.3) is 0 Å². The third-order valence-electron chi connectivity index (χ3n) is 1.84. The lowest BCUT2D eigenvalue weighted by molar-refractivity contribution is 0.341. The molecule has 1 nitrogen and oxygen atoms in total. The molecule has 1 fully saturated rings. The number of hydrogen-bond acceptors (Lipinski definition) is 2. The van der Waals surface area contributed by atoms with Crippen molar-refractivity contribution in [3.8, 4) is 0 Å². The van der Waals surface area contributed by atoms with Gasteiger partial charge in [-0.05, 0) is 36.4 Å². The van der Waals surface area contributed by atoms with Crippen LogP contribution in [-0.2, 0) is 0 Å². The van der Waals surface area contributed by atoms with Crippen molar-refractivity contribution in [2.45, 2.75) is 25.5 Å². The minimum atomic E-state index is 0.813. The van der Waals surface area contributed by atoms with Crippen LogP contribution in [0.2, 0.25) is 0 Å². The summed E-state index contributed by atoms with van der Waals surface area (Å²) in [4.78, 5) is 0. The fraction of sp³-hybridized carbons (Fsp3) is 1.00. The zero-order chi connectivity index (χ0) is 7.40. The van der Waals surface area contributed by atoms with Gasteiger partial charge in [0.15, 0.2) is 0 Å². The van der Waals surface area contributed by atoms with E-state index in [0.717, 1.165) is 11.2 Å². The molecule has 1 aliphatic heterocycles. The van der Waals surface area contributed by atoms with Crippen molar-refractivity contribution in [2.75, 3.05) is 18.8 Å².